The molecule has 2 aliphatic heterocycles. The van der Waals surface area contributed by atoms with Gasteiger partial charge in [-0.3, -0.25) is 9.59 Å². The number of benzene rings is 2. The van der Waals surface area contributed by atoms with Gasteiger partial charge in [-0.2, -0.15) is 0 Å². The van der Waals surface area contributed by atoms with Crippen molar-refractivity contribution in [2.24, 2.45) is 0 Å². The molecule has 0 spiro atoms. The number of ether oxygens (including phenoxy) is 2. The van der Waals surface area contributed by atoms with Crippen molar-refractivity contribution in [2.75, 3.05) is 0 Å². The van der Waals surface area contributed by atoms with Crippen LogP contribution in [0.1, 0.15) is 47.7 Å². The minimum absolute atomic E-state index is 0.118. The van der Waals surface area contributed by atoms with Crippen molar-refractivity contribution >= 4 is 11.8 Å². The van der Waals surface area contributed by atoms with E-state index in [0.717, 1.165) is 11.1 Å². The summed E-state index contributed by atoms with van der Waals surface area (Å²) in [6.07, 6.45) is 0.120. The molecule has 5 nitrogen and oxygen atoms in total. The average molecular weight is 336 g/mol. The first kappa shape index (κ1) is 15.4. The van der Waals surface area contributed by atoms with Gasteiger partial charge in [-0.15, -0.1) is 0 Å². The molecule has 126 valence electrons. The van der Waals surface area contributed by atoms with Crippen LogP contribution >= 0.6 is 0 Å². The Morgan fingerprint density at radius 1 is 1.12 bits per heavy atom. The number of fused-ring (bicyclic) bond motifs is 3. The summed E-state index contributed by atoms with van der Waals surface area (Å²) in [6, 6.07) is 10.0. The summed E-state index contributed by atoms with van der Waals surface area (Å²) >= 11 is 0. The van der Waals surface area contributed by atoms with Gasteiger partial charge in [0.2, 0.25) is 5.78 Å². The van der Waals surface area contributed by atoms with Crippen LogP contribution in [0.4, 0.5) is 0 Å². The van der Waals surface area contributed by atoms with Gasteiger partial charge in [0.25, 0.3) is 0 Å². The molecule has 0 radical (unpaired) electrons. The summed E-state index contributed by atoms with van der Waals surface area (Å²) in [5, 5.41) is 9.80. The number of allylic oxidation sites excluding steroid dienone is 2. The number of Topliss-reactive ketones (excluding diaryl/α,β-unsaturated/α-hetero) is 1. The molecule has 5 heteroatoms. The van der Waals surface area contributed by atoms with Gasteiger partial charge >= 0.3 is 5.97 Å². The van der Waals surface area contributed by atoms with Crippen molar-refractivity contribution in [2.45, 2.75) is 26.2 Å². The van der Waals surface area contributed by atoms with Crippen LogP contribution < -0.4 is 9.47 Å². The highest BCUT2D eigenvalue weighted by Crippen LogP contribution is 2.49. The van der Waals surface area contributed by atoms with Gasteiger partial charge in [-0.05, 0) is 49.2 Å². The Hall–Kier alpha value is -3.08. The van der Waals surface area contributed by atoms with E-state index in [0.29, 0.717) is 28.4 Å². The molecule has 2 aromatic carbocycles. The first-order valence-corrected chi connectivity index (χ1v) is 8.02. The molecule has 0 saturated heterocycles. The Kier molecular flexibility index (Phi) is 3.39. The number of ketones is 1. The number of esters is 1. The molecule has 0 amide bonds. The SMILES string of the molecule is CC(C)=C1Oc2c(ccc3c2[C@@H](c2cccc(O)c2)CC(=O)O3)C1=O. The molecule has 0 aliphatic carbocycles. The highest BCUT2D eigenvalue weighted by molar-refractivity contribution is 6.13. The summed E-state index contributed by atoms with van der Waals surface area (Å²) in [5.74, 6) is 0.410. The number of hydrogen-bond acceptors (Lipinski definition) is 5. The van der Waals surface area contributed by atoms with Crippen LogP contribution in [0.5, 0.6) is 17.2 Å². The van der Waals surface area contributed by atoms with E-state index in [9.17, 15) is 14.7 Å². The Morgan fingerprint density at radius 2 is 1.92 bits per heavy atom. The lowest BCUT2D eigenvalue weighted by Crippen LogP contribution is -2.21. The molecule has 1 N–H and O–H groups in total. The number of carbonyl (C=O) groups excluding carboxylic acids is 2. The fourth-order valence-electron chi connectivity index (χ4n) is 3.35. The van der Waals surface area contributed by atoms with Crippen LogP contribution in [0.3, 0.4) is 0 Å². The van der Waals surface area contributed by atoms with Crippen LogP contribution in [-0.4, -0.2) is 16.9 Å². The molecule has 0 aromatic heterocycles. The Bertz CT molecular complexity index is 951. The average Bonchev–Trinajstić information content (AvgIpc) is 2.91. The Balaban J connectivity index is 1.93. The zero-order valence-corrected chi connectivity index (χ0v) is 13.8. The fraction of sp³-hybridized carbons (Fsp3) is 0.200. The second-order valence-corrected chi connectivity index (χ2v) is 6.44. The molecular formula is C20H16O5. The van der Waals surface area contributed by atoms with Crippen molar-refractivity contribution in [3.8, 4) is 17.2 Å². The van der Waals surface area contributed by atoms with Gasteiger partial charge in [0.15, 0.2) is 5.76 Å². The van der Waals surface area contributed by atoms with Crippen LogP contribution in [-0.2, 0) is 4.79 Å². The largest absolute Gasteiger partial charge is 0.508 e. The molecule has 0 fully saturated rings. The number of phenols is 1. The molecule has 25 heavy (non-hydrogen) atoms. The fourth-order valence-corrected chi connectivity index (χ4v) is 3.35. The van der Waals surface area contributed by atoms with Crippen LogP contribution in [0.15, 0.2) is 47.7 Å². The van der Waals surface area contributed by atoms with E-state index in [1.165, 1.54) is 0 Å². The third kappa shape index (κ3) is 2.39. The Morgan fingerprint density at radius 3 is 2.64 bits per heavy atom. The van der Waals surface area contributed by atoms with E-state index in [2.05, 4.69) is 0 Å². The van der Waals surface area contributed by atoms with Crippen LogP contribution in [0, 0.1) is 0 Å². The standard InChI is InChI=1S/C20H16O5/c1-10(2)19-18(23)13-6-7-15-17(20(13)25-19)14(9-16(22)24-15)11-4-3-5-12(21)8-11/h3-8,14,21H,9H2,1-2H3/t14-/m1/s1. The molecule has 2 aromatic rings. The third-order valence-electron chi connectivity index (χ3n) is 4.48. The topological polar surface area (TPSA) is 72.8 Å². The third-order valence-corrected chi connectivity index (χ3v) is 4.48. The quantitative estimate of drug-likeness (QED) is 0.488. The first-order chi connectivity index (χ1) is 12.0. The molecule has 2 aliphatic rings. The maximum absolute atomic E-state index is 12.6. The summed E-state index contributed by atoms with van der Waals surface area (Å²) in [7, 11) is 0. The number of carbonyl (C=O) groups is 2. The van der Waals surface area contributed by atoms with Crippen molar-refractivity contribution in [1.29, 1.82) is 0 Å². The maximum atomic E-state index is 12.6. The molecule has 0 saturated carbocycles. The van der Waals surface area contributed by atoms with Gasteiger partial charge < -0.3 is 14.6 Å². The predicted octanol–water partition coefficient (Wildman–Crippen LogP) is 3.70. The van der Waals surface area contributed by atoms with E-state index >= 15 is 0 Å². The highest BCUT2D eigenvalue weighted by Gasteiger charge is 2.38. The normalized spacial score (nSPS) is 18.3. The van der Waals surface area contributed by atoms with Gasteiger partial charge in [-0.25, -0.2) is 0 Å². The lowest BCUT2D eigenvalue weighted by Gasteiger charge is -2.26. The number of hydrogen-bond donors (Lipinski definition) is 1. The molecular weight excluding hydrogens is 320 g/mol. The molecule has 0 bridgehead atoms. The predicted molar refractivity (Wildman–Crippen MR) is 90.0 cm³/mol. The van der Waals surface area contributed by atoms with Gasteiger partial charge in [0.1, 0.15) is 17.2 Å². The minimum Gasteiger partial charge on any atom is -0.508 e. The Labute approximate surface area is 144 Å². The van der Waals surface area contributed by atoms with Gasteiger partial charge in [-0.1, -0.05) is 12.1 Å². The molecule has 1 atom stereocenters. The lowest BCUT2D eigenvalue weighted by molar-refractivity contribution is -0.135. The highest BCUT2D eigenvalue weighted by atomic mass is 16.5. The second-order valence-electron chi connectivity index (χ2n) is 6.44. The lowest BCUT2D eigenvalue weighted by atomic mass is 9.84. The molecule has 2 heterocycles. The van der Waals surface area contributed by atoms with Crippen molar-refractivity contribution < 1.29 is 24.2 Å². The monoisotopic (exact) mass is 336 g/mol. The van der Waals surface area contributed by atoms with E-state index < -0.39 is 0 Å². The van der Waals surface area contributed by atoms with E-state index in [1.54, 1.807) is 30.3 Å². The van der Waals surface area contributed by atoms with E-state index in [-0.39, 0.29) is 29.8 Å². The molecule has 4 rings (SSSR count). The summed E-state index contributed by atoms with van der Waals surface area (Å²) in [6.45, 7) is 3.64. The summed E-state index contributed by atoms with van der Waals surface area (Å²) in [5.41, 5.74) is 2.70. The van der Waals surface area contributed by atoms with E-state index in [4.69, 9.17) is 9.47 Å². The number of rotatable bonds is 1. The van der Waals surface area contributed by atoms with Gasteiger partial charge in [0, 0.05) is 11.5 Å². The van der Waals surface area contributed by atoms with Gasteiger partial charge in [0.05, 0.1) is 12.0 Å². The number of phenolic OH excluding ortho intramolecular Hbond substituents is 1. The van der Waals surface area contributed by atoms with Crippen LogP contribution in [0.2, 0.25) is 0 Å². The summed E-state index contributed by atoms with van der Waals surface area (Å²) < 4.78 is 11.2. The van der Waals surface area contributed by atoms with Crippen molar-refractivity contribution in [3.05, 3.63) is 64.4 Å². The van der Waals surface area contributed by atoms with Crippen LogP contribution in [0.25, 0.3) is 0 Å². The first-order valence-electron chi connectivity index (χ1n) is 8.02. The molecule has 0 unspecified atom stereocenters. The summed E-state index contributed by atoms with van der Waals surface area (Å²) in [4.78, 5) is 24.6. The minimum atomic E-state index is -0.354. The smallest absolute Gasteiger partial charge is 0.312 e. The second kappa shape index (κ2) is 5.48. The zero-order chi connectivity index (χ0) is 17.7. The zero-order valence-electron chi connectivity index (χ0n) is 13.8. The maximum Gasteiger partial charge on any atom is 0.312 e. The van der Waals surface area contributed by atoms with E-state index in [1.807, 2.05) is 19.9 Å². The van der Waals surface area contributed by atoms with Crippen molar-refractivity contribution in [3.63, 3.8) is 0 Å². The number of aromatic hydroxyl groups is 1. The van der Waals surface area contributed by atoms with Crippen molar-refractivity contribution in [1.82, 2.24) is 0 Å².